The summed E-state index contributed by atoms with van der Waals surface area (Å²) in [4.78, 5) is 12.8. The lowest BCUT2D eigenvalue weighted by atomic mass is 10.2. The van der Waals surface area contributed by atoms with Crippen LogP contribution in [0.15, 0.2) is 24.3 Å². The van der Waals surface area contributed by atoms with Crippen molar-refractivity contribution >= 4 is 5.97 Å². The average Bonchev–Trinajstić information content (AvgIpc) is 2.78. The van der Waals surface area contributed by atoms with Gasteiger partial charge in [0.15, 0.2) is 0 Å². The van der Waals surface area contributed by atoms with E-state index in [4.69, 9.17) is 5.11 Å². The maximum absolute atomic E-state index is 12.0. The van der Waals surface area contributed by atoms with Crippen molar-refractivity contribution in [3.05, 3.63) is 29.8 Å². The van der Waals surface area contributed by atoms with E-state index in [0.29, 0.717) is 19.5 Å². The Kier molecular flexibility index (Phi) is 4.17. The molecule has 1 aromatic carbocycles. The number of rotatable bonds is 4. The van der Waals surface area contributed by atoms with Crippen LogP contribution >= 0.6 is 0 Å². The molecule has 0 aromatic heterocycles. The van der Waals surface area contributed by atoms with Crippen LogP contribution in [0.25, 0.3) is 0 Å². The Bertz CT molecular complexity index is 473. The van der Waals surface area contributed by atoms with Gasteiger partial charge in [0.05, 0.1) is 0 Å². The van der Waals surface area contributed by atoms with Gasteiger partial charge >= 0.3 is 12.3 Å². The molecule has 4 nitrogen and oxygen atoms in total. The molecule has 2 rings (SSSR count). The van der Waals surface area contributed by atoms with E-state index in [0.717, 1.165) is 12.0 Å². The lowest BCUT2D eigenvalue weighted by Crippen LogP contribution is -2.35. The summed E-state index contributed by atoms with van der Waals surface area (Å²) in [6, 6.07) is 4.97. The second-order valence-electron chi connectivity index (χ2n) is 4.66. The second kappa shape index (κ2) is 5.70. The lowest BCUT2D eigenvalue weighted by Gasteiger charge is -2.21. The standard InChI is InChI=1S/C13H14F3NO3/c14-13(15,16)20-10-5-3-9(4-6-10)8-17-7-1-2-11(17)12(18)19/h3-6,11H,1-2,7-8H2,(H,18,19)/t11-/m0/s1. The number of hydrogen-bond acceptors (Lipinski definition) is 3. The second-order valence-corrected chi connectivity index (χ2v) is 4.66. The fourth-order valence-electron chi connectivity index (χ4n) is 2.33. The number of benzene rings is 1. The van der Waals surface area contributed by atoms with Gasteiger partial charge in [0, 0.05) is 6.54 Å². The van der Waals surface area contributed by atoms with Crippen LogP contribution in [0.1, 0.15) is 18.4 Å². The molecule has 1 aliphatic heterocycles. The minimum absolute atomic E-state index is 0.280. The first-order valence-corrected chi connectivity index (χ1v) is 6.17. The molecule has 0 unspecified atom stereocenters. The summed E-state index contributed by atoms with van der Waals surface area (Å²) in [6.45, 7) is 1.08. The third kappa shape index (κ3) is 3.86. The number of carboxylic acid groups (broad SMARTS) is 1. The Morgan fingerprint density at radius 3 is 2.55 bits per heavy atom. The molecule has 1 heterocycles. The van der Waals surface area contributed by atoms with E-state index in [1.807, 2.05) is 4.90 Å². The maximum Gasteiger partial charge on any atom is 0.573 e. The van der Waals surface area contributed by atoms with Crippen molar-refractivity contribution in [2.24, 2.45) is 0 Å². The normalized spacial score (nSPS) is 20.1. The van der Waals surface area contributed by atoms with Gasteiger partial charge in [-0.3, -0.25) is 9.69 Å². The van der Waals surface area contributed by atoms with Crippen LogP contribution in [0.4, 0.5) is 13.2 Å². The van der Waals surface area contributed by atoms with Crippen LogP contribution in [0, 0.1) is 0 Å². The molecule has 1 fully saturated rings. The summed E-state index contributed by atoms with van der Waals surface area (Å²) < 4.78 is 39.8. The fourth-order valence-corrected chi connectivity index (χ4v) is 2.33. The zero-order valence-corrected chi connectivity index (χ0v) is 10.6. The van der Waals surface area contributed by atoms with Crippen molar-refractivity contribution in [2.75, 3.05) is 6.54 Å². The molecule has 0 spiro atoms. The van der Waals surface area contributed by atoms with E-state index in [2.05, 4.69) is 4.74 Å². The maximum atomic E-state index is 12.0. The van der Waals surface area contributed by atoms with Gasteiger partial charge in [-0.05, 0) is 37.1 Å². The van der Waals surface area contributed by atoms with Crippen LogP contribution in [0.3, 0.4) is 0 Å². The summed E-state index contributed by atoms with van der Waals surface area (Å²) in [5.74, 6) is -1.14. The molecule has 0 radical (unpaired) electrons. The molecule has 0 amide bonds. The highest BCUT2D eigenvalue weighted by Gasteiger charge is 2.32. The Morgan fingerprint density at radius 2 is 2.00 bits per heavy atom. The number of alkyl halides is 3. The fraction of sp³-hybridized carbons (Fsp3) is 0.462. The van der Waals surface area contributed by atoms with Crippen molar-refractivity contribution in [3.63, 3.8) is 0 Å². The Morgan fingerprint density at radius 1 is 1.35 bits per heavy atom. The van der Waals surface area contributed by atoms with Crippen LogP contribution < -0.4 is 4.74 Å². The number of halogens is 3. The van der Waals surface area contributed by atoms with Gasteiger partial charge in [-0.25, -0.2) is 0 Å². The van der Waals surface area contributed by atoms with Gasteiger partial charge in [-0.15, -0.1) is 13.2 Å². The highest BCUT2D eigenvalue weighted by atomic mass is 19.4. The first-order chi connectivity index (χ1) is 9.35. The number of aliphatic carboxylic acids is 1. The van der Waals surface area contributed by atoms with E-state index >= 15 is 0 Å². The minimum Gasteiger partial charge on any atom is -0.480 e. The molecule has 0 bridgehead atoms. The van der Waals surface area contributed by atoms with E-state index < -0.39 is 18.4 Å². The molecule has 0 saturated carbocycles. The first-order valence-electron chi connectivity index (χ1n) is 6.17. The molecule has 110 valence electrons. The van der Waals surface area contributed by atoms with Crippen LogP contribution in [0.5, 0.6) is 5.75 Å². The Labute approximate surface area is 113 Å². The predicted molar refractivity (Wildman–Crippen MR) is 64.2 cm³/mol. The number of nitrogens with zero attached hydrogens (tertiary/aromatic N) is 1. The predicted octanol–water partition coefficient (Wildman–Crippen LogP) is 2.63. The van der Waals surface area contributed by atoms with E-state index in [-0.39, 0.29) is 5.75 Å². The molecule has 1 aliphatic rings. The quantitative estimate of drug-likeness (QED) is 0.925. The number of carbonyl (C=O) groups is 1. The van der Waals surface area contributed by atoms with Crippen molar-refractivity contribution < 1.29 is 27.8 Å². The molecule has 0 aliphatic carbocycles. The zero-order chi connectivity index (χ0) is 14.8. The van der Waals surface area contributed by atoms with Gasteiger partial charge in [0.25, 0.3) is 0 Å². The van der Waals surface area contributed by atoms with Crippen molar-refractivity contribution in [1.29, 1.82) is 0 Å². The van der Waals surface area contributed by atoms with Crippen molar-refractivity contribution in [1.82, 2.24) is 4.90 Å². The third-order valence-corrected chi connectivity index (χ3v) is 3.19. The van der Waals surface area contributed by atoms with Crippen LogP contribution in [-0.4, -0.2) is 34.9 Å². The number of hydrogen-bond donors (Lipinski definition) is 1. The van der Waals surface area contributed by atoms with E-state index in [1.165, 1.54) is 24.3 Å². The monoisotopic (exact) mass is 289 g/mol. The third-order valence-electron chi connectivity index (χ3n) is 3.19. The number of likely N-dealkylation sites (tertiary alicyclic amines) is 1. The summed E-state index contributed by atoms with van der Waals surface area (Å²) in [5, 5.41) is 9.05. The molecular formula is C13H14F3NO3. The van der Waals surface area contributed by atoms with E-state index in [1.54, 1.807) is 0 Å². The molecule has 20 heavy (non-hydrogen) atoms. The summed E-state index contributed by atoms with van der Waals surface area (Å²) in [5.41, 5.74) is 0.757. The molecule has 1 saturated heterocycles. The Balaban J connectivity index is 1.98. The largest absolute Gasteiger partial charge is 0.573 e. The molecule has 7 heteroatoms. The van der Waals surface area contributed by atoms with Gasteiger partial charge < -0.3 is 9.84 Å². The summed E-state index contributed by atoms with van der Waals surface area (Å²) in [6.07, 6.45) is -3.29. The molecular weight excluding hydrogens is 275 g/mol. The van der Waals surface area contributed by atoms with Gasteiger partial charge in [-0.1, -0.05) is 12.1 Å². The smallest absolute Gasteiger partial charge is 0.480 e. The topological polar surface area (TPSA) is 49.8 Å². The van der Waals surface area contributed by atoms with Gasteiger partial charge in [0.2, 0.25) is 0 Å². The summed E-state index contributed by atoms with van der Waals surface area (Å²) in [7, 11) is 0. The molecule has 1 aromatic rings. The summed E-state index contributed by atoms with van der Waals surface area (Å²) >= 11 is 0. The number of ether oxygens (including phenoxy) is 1. The van der Waals surface area contributed by atoms with Gasteiger partial charge in [-0.2, -0.15) is 0 Å². The van der Waals surface area contributed by atoms with Crippen LogP contribution in [0.2, 0.25) is 0 Å². The van der Waals surface area contributed by atoms with Crippen molar-refractivity contribution in [3.8, 4) is 5.75 Å². The Hall–Kier alpha value is -1.76. The van der Waals surface area contributed by atoms with E-state index in [9.17, 15) is 18.0 Å². The zero-order valence-electron chi connectivity index (χ0n) is 10.6. The highest BCUT2D eigenvalue weighted by molar-refractivity contribution is 5.73. The van der Waals surface area contributed by atoms with Gasteiger partial charge in [0.1, 0.15) is 11.8 Å². The highest BCUT2D eigenvalue weighted by Crippen LogP contribution is 2.24. The molecule has 1 atom stereocenters. The van der Waals surface area contributed by atoms with Crippen molar-refractivity contribution in [2.45, 2.75) is 31.8 Å². The first kappa shape index (κ1) is 14.6. The lowest BCUT2D eigenvalue weighted by molar-refractivity contribution is -0.274. The SMILES string of the molecule is O=C(O)[C@@H]1CCCN1Cc1ccc(OC(F)(F)F)cc1. The minimum atomic E-state index is -4.70. The average molecular weight is 289 g/mol. The number of carboxylic acids is 1. The van der Waals surface area contributed by atoms with Crippen LogP contribution in [-0.2, 0) is 11.3 Å². The molecule has 1 N–H and O–H groups in total.